The predicted molar refractivity (Wildman–Crippen MR) is 115 cm³/mol. The molecule has 5 nitrogen and oxygen atoms in total. The van der Waals surface area contributed by atoms with Gasteiger partial charge in [0.05, 0.1) is 16.1 Å². The Morgan fingerprint density at radius 2 is 1.82 bits per heavy atom. The number of benzene rings is 2. The lowest BCUT2D eigenvalue weighted by Crippen LogP contribution is -2.36. The minimum absolute atomic E-state index is 0.0695. The smallest absolute Gasteiger partial charge is 0.261 e. The fourth-order valence-electron chi connectivity index (χ4n) is 3.23. The number of nitrogens with one attached hydrogen (secondary N) is 1. The normalized spacial score (nSPS) is 14.8. The van der Waals surface area contributed by atoms with Gasteiger partial charge in [-0.15, -0.1) is 11.8 Å². The molecule has 0 aromatic heterocycles. The van der Waals surface area contributed by atoms with Gasteiger partial charge in [0.1, 0.15) is 0 Å². The summed E-state index contributed by atoms with van der Waals surface area (Å²) in [6.45, 7) is 3.21. The van der Waals surface area contributed by atoms with Crippen LogP contribution in [-0.4, -0.2) is 38.6 Å². The Balaban J connectivity index is 1.94. The van der Waals surface area contributed by atoms with Crippen molar-refractivity contribution in [1.82, 2.24) is 4.90 Å². The van der Waals surface area contributed by atoms with Gasteiger partial charge in [-0.05, 0) is 74.4 Å². The van der Waals surface area contributed by atoms with Crippen molar-refractivity contribution < 1.29 is 13.2 Å². The highest BCUT2D eigenvalue weighted by atomic mass is 35.5. The molecule has 0 saturated carbocycles. The molecular formula is C20H23ClN2O3S2. The first kappa shape index (κ1) is 21.0. The zero-order valence-electron chi connectivity index (χ0n) is 15.9. The largest absolute Gasteiger partial charge is 0.339 e. The molecule has 2 aromatic carbocycles. The Morgan fingerprint density at radius 1 is 1.11 bits per heavy atom. The summed E-state index contributed by atoms with van der Waals surface area (Å²) in [5.74, 6) is -0.108. The number of anilines is 1. The monoisotopic (exact) mass is 438 g/mol. The molecule has 1 saturated heterocycles. The van der Waals surface area contributed by atoms with Crippen molar-refractivity contribution in [1.29, 1.82) is 0 Å². The van der Waals surface area contributed by atoms with Crippen molar-refractivity contribution in [3.63, 3.8) is 0 Å². The van der Waals surface area contributed by atoms with Crippen LogP contribution in [0.15, 0.2) is 46.2 Å². The number of nitrogens with zero attached hydrogens (tertiary/aromatic N) is 1. The van der Waals surface area contributed by atoms with E-state index in [-0.39, 0.29) is 10.8 Å². The van der Waals surface area contributed by atoms with Gasteiger partial charge in [-0.1, -0.05) is 11.6 Å². The number of aryl methyl sites for hydroxylation is 1. The van der Waals surface area contributed by atoms with Gasteiger partial charge in [0.15, 0.2) is 0 Å². The zero-order valence-corrected chi connectivity index (χ0v) is 18.3. The molecule has 8 heteroatoms. The summed E-state index contributed by atoms with van der Waals surface area (Å²) in [5, 5.41) is 0.541. The van der Waals surface area contributed by atoms with E-state index < -0.39 is 10.0 Å². The molecule has 0 unspecified atom stereocenters. The third-order valence-corrected chi connectivity index (χ3v) is 7.18. The molecule has 1 amide bonds. The van der Waals surface area contributed by atoms with E-state index in [1.807, 2.05) is 11.2 Å². The summed E-state index contributed by atoms with van der Waals surface area (Å²) in [4.78, 5) is 15.6. The molecular weight excluding hydrogens is 416 g/mol. The van der Waals surface area contributed by atoms with Crippen LogP contribution in [0.3, 0.4) is 0 Å². The van der Waals surface area contributed by atoms with Crippen LogP contribution in [0.1, 0.15) is 35.2 Å². The van der Waals surface area contributed by atoms with Crippen molar-refractivity contribution in [3.05, 3.63) is 52.5 Å². The minimum Gasteiger partial charge on any atom is -0.339 e. The zero-order chi connectivity index (χ0) is 20.3. The molecule has 2 aromatic rings. The van der Waals surface area contributed by atoms with Crippen LogP contribution in [0.25, 0.3) is 0 Å². The number of carbonyl (C=O) groups is 1. The van der Waals surface area contributed by atoms with Crippen LogP contribution in [-0.2, 0) is 10.0 Å². The molecule has 0 radical (unpaired) electrons. The number of thioether (sulfide) groups is 1. The number of carbonyl (C=O) groups excluding carboxylic acids is 1. The summed E-state index contributed by atoms with van der Waals surface area (Å²) in [7, 11) is -3.83. The second kappa shape index (κ2) is 8.76. The first-order valence-corrected chi connectivity index (χ1v) is 12.2. The lowest BCUT2D eigenvalue weighted by atomic mass is 10.1. The average Bonchev–Trinajstić information content (AvgIpc) is 2.69. The third-order valence-electron chi connectivity index (χ3n) is 4.79. The molecule has 1 heterocycles. The van der Waals surface area contributed by atoms with E-state index in [0.29, 0.717) is 29.4 Å². The number of hydrogen-bond acceptors (Lipinski definition) is 4. The Kier molecular flexibility index (Phi) is 6.58. The molecule has 1 aliphatic heterocycles. The molecule has 1 fully saturated rings. The van der Waals surface area contributed by atoms with Crippen LogP contribution in [0.2, 0.25) is 5.02 Å². The van der Waals surface area contributed by atoms with Crippen LogP contribution in [0.5, 0.6) is 0 Å². The molecule has 1 aliphatic rings. The van der Waals surface area contributed by atoms with Gasteiger partial charge in [0.25, 0.3) is 15.9 Å². The summed E-state index contributed by atoms with van der Waals surface area (Å²) in [6, 6.07) is 9.68. The summed E-state index contributed by atoms with van der Waals surface area (Å²) >= 11 is 7.38. The lowest BCUT2D eigenvalue weighted by Gasteiger charge is -2.27. The van der Waals surface area contributed by atoms with E-state index in [0.717, 1.165) is 29.7 Å². The number of sulfonamides is 1. The van der Waals surface area contributed by atoms with Gasteiger partial charge in [0, 0.05) is 23.0 Å². The van der Waals surface area contributed by atoms with E-state index in [1.54, 1.807) is 31.2 Å². The molecule has 3 rings (SSSR count). The second-order valence-corrected chi connectivity index (χ2v) is 9.75. The third kappa shape index (κ3) is 4.64. The predicted octanol–water partition coefficient (Wildman–Crippen LogP) is 4.80. The fraction of sp³-hybridized carbons (Fsp3) is 0.350. The van der Waals surface area contributed by atoms with Gasteiger partial charge in [0.2, 0.25) is 0 Å². The Labute approximate surface area is 175 Å². The van der Waals surface area contributed by atoms with E-state index in [9.17, 15) is 13.2 Å². The average molecular weight is 439 g/mol. The Hall–Kier alpha value is -1.70. The number of amides is 1. The van der Waals surface area contributed by atoms with E-state index in [2.05, 4.69) is 4.72 Å². The highest BCUT2D eigenvalue weighted by Gasteiger charge is 2.24. The van der Waals surface area contributed by atoms with Gasteiger partial charge < -0.3 is 4.90 Å². The maximum absolute atomic E-state index is 13.0. The molecule has 0 aliphatic carbocycles. The Morgan fingerprint density at radius 3 is 2.46 bits per heavy atom. The highest BCUT2D eigenvalue weighted by Crippen LogP contribution is 2.28. The quantitative estimate of drug-likeness (QED) is 0.681. The van der Waals surface area contributed by atoms with Gasteiger partial charge in [-0.25, -0.2) is 8.42 Å². The van der Waals surface area contributed by atoms with Gasteiger partial charge >= 0.3 is 0 Å². The van der Waals surface area contributed by atoms with Crippen LogP contribution >= 0.6 is 23.4 Å². The van der Waals surface area contributed by atoms with Gasteiger partial charge in [-0.3, -0.25) is 9.52 Å². The lowest BCUT2D eigenvalue weighted by molar-refractivity contribution is 0.0720. The SMILES string of the molecule is CSc1ccc(S(=O)(=O)Nc2ccc(Cl)cc2C)cc1C(=O)N1CCCCC1. The molecule has 0 atom stereocenters. The topological polar surface area (TPSA) is 66.5 Å². The minimum atomic E-state index is -3.83. The van der Waals surface area contributed by atoms with Crippen molar-refractivity contribution in [2.45, 2.75) is 36.0 Å². The van der Waals surface area contributed by atoms with Crippen molar-refractivity contribution in [2.24, 2.45) is 0 Å². The number of halogens is 1. The molecule has 1 N–H and O–H groups in total. The summed E-state index contributed by atoms with van der Waals surface area (Å²) < 4.78 is 28.4. The Bertz CT molecular complexity index is 987. The number of rotatable bonds is 5. The molecule has 150 valence electrons. The van der Waals surface area contributed by atoms with Crippen molar-refractivity contribution in [2.75, 3.05) is 24.1 Å². The van der Waals surface area contributed by atoms with Crippen LogP contribution in [0.4, 0.5) is 5.69 Å². The van der Waals surface area contributed by atoms with Crippen molar-refractivity contribution in [3.8, 4) is 0 Å². The second-order valence-electron chi connectivity index (χ2n) is 6.78. The summed E-state index contributed by atoms with van der Waals surface area (Å²) in [6.07, 6.45) is 4.97. The van der Waals surface area contributed by atoms with Crippen molar-refractivity contribution >= 4 is 45.0 Å². The van der Waals surface area contributed by atoms with E-state index in [1.165, 1.54) is 23.9 Å². The highest BCUT2D eigenvalue weighted by molar-refractivity contribution is 7.98. The maximum atomic E-state index is 13.0. The van der Waals surface area contributed by atoms with Gasteiger partial charge in [-0.2, -0.15) is 0 Å². The van der Waals surface area contributed by atoms with E-state index >= 15 is 0 Å². The van der Waals surface area contributed by atoms with Crippen LogP contribution in [0, 0.1) is 6.92 Å². The maximum Gasteiger partial charge on any atom is 0.261 e. The molecule has 28 heavy (non-hydrogen) atoms. The number of hydrogen-bond donors (Lipinski definition) is 1. The fourth-order valence-corrected chi connectivity index (χ4v) is 5.19. The molecule has 0 spiro atoms. The summed E-state index contributed by atoms with van der Waals surface area (Å²) in [5.41, 5.74) is 1.62. The number of piperidine rings is 1. The van der Waals surface area contributed by atoms with Crippen LogP contribution < -0.4 is 4.72 Å². The first-order valence-electron chi connectivity index (χ1n) is 9.08. The van der Waals surface area contributed by atoms with E-state index in [4.69, 9.17) is 11.6 Å². The standard InChI is InChI=1S/C20H23ClN2O3S2/c1-14-12-15(21)6-8-18(14)22-28(25,26)16-7-9-19(27-2)17(13-16)20(24)23-10-4-3-5-11-23/h6-9,12-13,22H,3-5,10-11H2,1-2H3. The molecule has 0 bridgehead atoms. The first-order chi connectivity index (χ1) is 13.3. The number of likely N-dealkylation sites (tertiary alicyclic amines) is 1.